The molecule has 104 valence electrons. The zero-order chi connectivity index (χ0) is 14.5. The Labute approximate surface area is 117 Å². The molecule has 0 aliphatic rings. The number of carbonyl (C=O) groups is 1. The molecule has 1 heterocycles. The molecule has 2 rings (SSSR count). The fourth-order valence-electron chi connectivity index (χ4n) is 1.84. The molecule has 0 bridgehead atoms. The minimum atomic E-state index is -0.465. The lowest BCUT2D eigenvalue weighted by atomic mass is 10.1. The Morgan fingerprint density at radius 3 is 2.30 bits per heavy atom. The largest absolute Gasteiger partial charge is 0.493 e. The predicted octanol–water partition coefficient (Wildman–Crippen LogP) is 2.55. The van der Waals surface area contributed by atoms with Gasteiger partial charge in [-0.15, -0.1) is 0 Å². The number of nitrogens with zero attached hydrogens (tertiary/aromatic N) is 1. The van der Waals surface area contributed by atoms with Crippen LogP contribution >= 0.6 is 0 Å². The first kappa shape index (κ1) is 13.9. The normalized spacial score (nSPS) is 9.95. The van der Waals surface area contributed by atoms with Gasteiger partial charge in [0.15, 0.2) is 11.5 Å². The molecular weight excluding hydrogens is 258 g/mol. The summed E-state index contributed by atoms with van der Waals surface area (Å²) in [5, 5.41) is 0. The van der Waals surface area contributed by atoms with E-state index in [1.807, 2.05) is 24.3 Å². The molecule has 0 aliphatic heterocycles. The zero-order valence-electron chi connectivity index (χ0n) is 11.5. The van der Waals surface area contributed by atoms with E-state index in [-0.39, 0.29) is 5.69 Å². The van der Waals surface area contributed by atoms with Gasteiger partial charge in [0, 0.05) is 6.20 Å². The van der Waals surface area contributed by atoms with Gasteiger partial charge < -0.3 is 14.2 Å². The van der Waals surface area contributed by atoms with E-state index in [4.69, 9.17) is 9.47 Å². The highest BCUT2D eigenvalue weighted by molar-refractivity contribution is 5.88. The van der Waals surface area contributed by atoms with Crippen molar-refractivity contribution in [3.8, 4) is 22.6 Å². The van der Waals surface area contributed by atoms with Crippen LogP contribution in [0.25, 0.3) is 11.1 Å². The fraction of sp³-hybridized carbons (Fsp3) is 0.200. The number of ether oxygens (including phenoxy) is 3. The molecule has 1 aromatic heterocycles. The van der Waals surface area contributed by atoms with Gasteiger partial charge in [-0.1, -0.05) is 6.07 Å². The highest BCUT2D eigenvalue weighted by Gasteiger charge is 2.10. The summed E-state index contributed by atoms with van der Waals surface area (Å²) in [6.07, 6.45) is 1.57. The summed E-state index contributed by atoms with van der Waals surface area (Å²) in [6, 6.07) is 9.03. The Kier molecular flexibility index (Phi) is 4.20. The Balaban J connectivity index is 2.43. The van der Waals surface area contributed by atoms with Gasteiger partial charge >= 0.3 is 5.97 Å². The van der Waals surface area contributed by atoms with Crippen molar-refractivity contribution in [3.63, 3.8) is 0 Å². The molecule has 2 aromatic rings. The third-order valence-corrected chi connectivity index (χ3v) is 2.87. The molecule has 0 saturated carbocycles. The number of rotatable bonds is 4. The molecule has 0 spiro atoms. The van der Waals surface area contributed by atoms with E-state index >= 15 is 0 Å². The first-order valence-electron chi connectivity index (χ1n) is 5.96. The molecule has 0 radical (unpaired) electrons. The molecule has 0 atom stereocenters. The third kappa shape index (κ3) is 2.71. The van der Waals surface area contributed by atoms with Crippen LogP contribution < -0.4 is 9.47 Å². The van der Waals surface area contributed by atoms with Crippen molar-refractivity contribution >= 4 is 5.97 Å². The maximum absolute atomic E-state index is 11.5. The van der Waals surface area contributed by atoms with Gasteiger partial charge in [-0.25, -0.2) is 9.78 Å². The van der Waals surface area contributed by atoms with Gasteiger partial charge in [0.25, 0.3) is 0 Å². The topological polar surface area (TPSA) is 57.7 Å². The molecule has 0 amide bonds. The summed E-state index contributed by atoms with van der Waals surface area (Å²) < 4.78 is 15.1. The minimum absolute atomic E-state index is 0.264. The average Bonchev–Trinajstić information content (AvgIpc) is 2.53. The SMILES string of the molecule is COC(=O)c1cc(-c2ccc(OC)c(OC)c2)ccn1. The maximum Gasteiger partial charge on any atom is 0.356 e. The summed E-state index contributed by atoms with van der Waals surface area (Å²) in [4.78, 5) is 15.5. The van der Waals surface area contributed by atoms with Gasteiger partial charge in [-0.2, -0.15) is 0 Å². The quantitative estimate of drug-likeness (QED) is 0.801. The molecule has 5 nitrogen and oxygen atoms in total. The molecular formula is C15H15NO4. The lowest BCUT2D eigenvalue weighted by Gasteiger charge is -2.10. The monoisotopic (exact) mass is 273 g/mol. The Bertz CT molecular complexity index is 625. The van der Waals surface area contributed by atoms with Crippen molar-refractivity contribution < 1.29 is 19.0 Å². The summed E-state index contributed by atoms with van der Waals surface area (Å²) in [6.45, 7) is 0. The summed E-state index contributed by atoms with van der Waals surface area (Å²) in [5.41, 5.74) is 2.01. The van der Waals surface area contributed by atoms with Gasteiger partial charge in [0.05, 0.1) is 21.3 Å². The number of benzene rings is 1. The highest BCUT2D eigenvalue weighted by Crippen LogP contribution is 2.32. The van der Waals surface area contributed by atoms with Crippen LogP contribution in [0.4, 0.5) is 0 Å². The van der Waals surface area contributed by atoms with Crippen LogP contribution in [0, 0.1) is 0 Å². The molecule has 0 aliphatic carbocycles. The Morgan fingerprint density at radius 2 is 1.65 bits per heavy atom. The van der Waals surface area contributed by atoms with Gasteiger partial charge in [-0.05, 0) is 35.4 Å². The zero-order valence-corrected chi connectivity index (χ0v) is 11.5. The third-order valence-electron chi connectivity index (χ3n) is 2.87. The van der Waals surface area contributed by atoms with E-state index in [9.17, 15) is 4.79 Å². The van der Waals surface area contributed by atoms with E-state index in [0.29, 0.717) is 11.5 Å². The molecule has 0 fully saturated rings. The lowest BCUT2D eigenvalue weighted by molar-refractivity contribution is 0.0594. The predicted molar refractivity (Wildman–Crippen MR) is 74.1 cm³/mol. The summed E-state index contributed by atoms with van der Waals surface area (Å²) in [5.74, 6) is 0.812. The van der Waals surface area contributed by atoms with E-state index in [1.54, 1.807) is 26.5 Å². The maximum atomic E-state index is 11.5. The first-order chi connectivity index (χ1) is 9.69. The second-order valence-electron chi connectivity index (χ2n) is 3.99. The van der Waals surface area contributed by atoms with Crippen LogP contribution in [0.15, 0.2) is 36.5 Å². The van der Waals surface area contributed by atoms with E-state index in [1.165, 1.54) is 7.11 Å². The number of hydrogen-bond acceptors (Lipinski definition) is 5. The molecule has 0 unspecified atom stereocenters. The summed E-state index contributed by atoms with van der Waals surface area (Å²) >= 11 is 0. The van der Waals surface area contributed by atoms with Gasteiger partial charge in [0.2, 0.25) is 0 Å². The number of esters is 1. The number of methoxy groups -OCH3 is 3. The molecule has 0 saturated heterocycles. The van der Waals surface area contributed by atoms with E-state index in [0.717, 1.165) is 11.1 Å². The van der Waals surface area contributed by atoms with Crippen LogP contribution in [0.3, 0.4) is 0 Å². The standard InChI is InChI=1S/C15H15NO4/c1-18-13-5-4-10(9-14(13)19-2)11-6-7-16-12(8-11)15(17)20-3/h4-9H,1-3H3. The van der Waals surface area contributed by atoms with Crippen LogP contribution in [0.2, 0.25) is 0 Å². The number of pyridine rings is 1. The first-order valence-corrected chi connectivity index (χ1v) is 5.96. The van der Waals surface area contributed by atoms with Crippen molar-refractivity contribution in [3.05, 3.63) is 42.2 Å². The fourth-order valence-corrected chi connectivity index (χ4v) is 1.84. The van der Waals surface area contributed by atoms with Crippen LogP contribution in [0.1, 0.15) is 10.5 Å². The Morgan fingerprint density at radius 1 is 0.950 bits per heavy atom. The second kappa shape index (κ2) is 6.06. The Hall–Kier alpha value is -2.56. The van der Waals surface area contributed by atoms with Crippen molar-refractivity contribution in [2.24, 2.45) is 0 Å². The van der Waals surface area contributed by atoms with Crippen molar-refractivity contribution in [1.29, 1.82) is 0 Å². The van der Waals surface area contributed by atoms with Crippen LogP contribution in [-0.4, -0.2) is 32.3 Å². The minimum Gasteiger partial charge on any atom is -0.493 e. The lowest BCUT2D eigenvalue weighted by Crippen LogP contribution is -2.03. The van der Waals surface area contributed by atoms with E-state index < -0.39 is 5.97 Å². The van der Waals surface area contributed by atoms with Gasteiger partial charge in [-0.3, -0.25) is 0 Å². The molecule has 5 heteroatoms. The number of aromatic nitrogens is 1. The molecule has 20 heavy (non-hydrogen) atoms. The summed E-state index contributed by atoms with van der Waals surface area (Å²) in [7, 11) is 4.49. The number of hydrogen-bond donors (Lipinski definition) is 0. The molecule has 1 aromatic carbocycles. The highest BCUT2D eigenvalue weighted by atomic mass is 16.5. The van der Waals surface area contributed by atoms with Crippen LogP contribution in [-0.2, 0) is 4.74 Å². The molecule has 0 N–H and O–H groups in total. The van der Waals surface area contributed by atoms with Crippen LogP contribution in [0.5, 0.6) is 11.5 Å². The second-order valence-corrected chi connectivity index (χ2v) is 3.99. The van der Waals surface area contributed by atoms with Crippen molar-refractivity contribution in [2.45, 2.75) is 0 Å². The van der Waals surface area contributed by atoms with Gasteiger partial charge in [0.1, 0.15) is 5.69 Å². The van der Waals surface area contributed by atoms with E-state index in [2.05, 4.69) is 9.72 Å². The van der Waals surface area contributed by atoms with Crippen molar-refractivity contribution in [2.75, 3.05) is 21.3 Å². The smallest absolute Gasteiger partial charge is 0.356 e. The average molecular weight is 273 g/mol. The van der Waals surface area contributed by atoms with Crippen molar-refractivity contribution in [1.82, 2.24) is 4.98 Å². The number of carbonyl (C=O) groups excluding carboxylic acids is 1.